The summed E-state index contributed by atoms with van der Waals surface area (Å²) in [5.74, 6) is -0.271. The molecule has 1 fully saturated rings. The van der Waals surface area contributed by atoms with E-state index in [0.29, 0.717) is 6.42 Å². The minimum Gasteiger partial charge on any atom is -0.772 e. The van der Waals surface area contributed by atoms with Gasteiger partial charge >= 0.3 is 5.97 Å². The number of hydrogen-bond acceptors (Lipinski definition) is 6. The smallest absolute Gasteiger partial charge is 0.312 e. The number of nitrogens with one attached hydrogen (secondary N) is 1. The lowest BCUT2D eigenvalue weighted by molar-refractivity contribution is -0.159. The van der Waals surface area contributed by atoms with E-state index in [1.54, 1.807) is 32.9 Å². The highest BCUT2D eigenvalue weighted by atomic mass is 32.2. The minimum absolute atomic E-state index is 0.00372. The summed E-state index contributed by atoms with van der Waals surface area (Å²) in [6, 6.07) is 6.95. The molecule has 6 nitrogen and oxygen atoms in total. The van der Waals surface area contributed by atoms with E-state index in [1.165, 1.54) is 0 Å². The van der Waals surface area contributed by atoms with Gasteiger partial charge in [0.15, 0.2) is 6.23 Å². The quantitative estimate of drug-likeness (QED) is 0.634. The van der Waals surface area contributed by atoms with Crippen LogP contribution in [0.5, 0.6) is 0 Å². The van der Waals surface area contributed by atoms with Gasteiger partial charge in [-0.15, -0.1) is 0 Å². The third kappa shape index (κ3) is 4.84. The highest BCUT2D eigenvalue weighted by Gasteiger charge is 2.36. The van der Waals surface area contributed by atoms with Crippen molar-refractivity contribution in [1.29, 1.82) is 0 Å². The molecule has 3 N–H and O–H groups in total. The number of ether oxygens (including phenoxy) is 1. The lowest BCUT2D eigenvalue weighted by atomic mass is 9.97. The van der Waals surface area contributed by atoms with E-state index in [2.05, 4.69) is 5.32 Å². The summed E-state index contributed by atoms with van der Waals surface area (Å²) in [4.78, 5) is 12.0. The summed E-state index contributed by atoms with van der Waals surface area (Å²) in [6.07, 6.45) is 0.134. The van der Waals surface area contributed by atoms with Crippen LogP contribution in [0.4, 0.5) is 0 Å². The van der Waals surface area contributed by atoms with Gasteiger partial charge in [-0.05, 0) is 31.9 Å². The second kappa shape index (κ2) is 7.09. The van der Waals surface area contributed by atoms with Crippen LogP contribution in [0.15, 0.2) is 24.3 Å². The molecule has 128 valence electrons. The van der Waals surface area contributed by atoms with Crippen LogP contribution in [0.25, 0.3) is 0 Å². The second-order valence-electron chi connectivity index (χ2n) is 6.88. The van der Waals surface area contributed by atoms with Gasteiger partial charge in [0, 0.05) is 18.2 Å². The molecule has 0 spiro atoms. The van der Waals surface area contributed by atoms with Crippen molar-refractivity contribution in [3.63, 3.8) is 0 Å². The Morgan fingerprint density at radius 2 is 2.00 bits per heavy atom. The molecule has 1 aliphatic heterocycles. The topological polar surface area (TPSA) is 104 Å². The first-order valence-corrected chi connectivity index (χ1v) is 8.78. The van der Waals surface area contributed by atoms with Crippen molar-refractivity contribution in [1.82, 2.24) is 5.32 Å². The summed E-state index contributed by atoms with van der Waals surface area (Å²) in [5.41, 5.74) is 7.27. The van der Waals surface area contributed by atoms with Crippen molar-refractivity contribution in [2.24, 2.45) is 11.1 Å². The summed E-state index contributed by atoms with van der Waals surface area (Å²) in [7, 11) is 0. The molecule has 1 heterocycles. The number of rotatable bonds is 4. The molecule has 0 amide bonds. The molecular weight excluding hydrogens is 316 g/mol. The van der Waals surface area contributed by atoms with E-state index in [-0.39, 0.29) is 23.8 Å². The third-order valence-corrected chi connectivity index (χ3v) is 4.33. The number of benzene rings is 1. The summed E-state index contributed by atoms with van der Waals surface area (Å²) < 4.78 is 26.9. The maximum absolute atomic E-state index is 12.0. The Hall–Kier alpha value is -1.28. The standard InChI is InChI=1S/C16H24N2O4S/c1-16(2,3)15(19)22-13-8-12(17)14(18-13)11-6-4-10(5-7-11)9-23(20)21/h4-7,12-14,18H,8-9,17H2,1-3H3,(H,20,21)/p-1. The molecule has 7 heteroatoms. The maximum Gasteiger partial charge on any atom is 0.312 e. The third-order valence-electron chi connectivity index (χ3n) is 3.76. The zero-order valence-electron chi connectivity index (χ0n) is 13.6. The van der Waals surface area contributed by atoms with Crippen LogP contribution in [-0.2, 0) is 26.4 Å². The van der Waals surface area contributed by atoms with Crippen molar-refractivity contribution < 1.29 is 18.3 Å². The van der Waals surface area contributed by atoms with Gasteiger partial charge in [-0.25, -0.2) is 0 Å². The Bertz CT molecular complexity index is 583. The highest BCUT2D eigenvalue weighted by molar-refractivity contribution is 7.78. The van der Waals surface area contributed by atoms with Gasteiger partial charge in [0.1, 0.15) is 0 Å². The Morgan fingerprint density at radius 3 is 2.52 bits per heavy atom. The van der Waals surface area contributed by atoms with E-state index < -0.39 is 22.7 Å². The molecule has 23 heavy (non-hydrogen) atoms. The fraction of sp³-hybridized carbons (Fsp3) is 0.562. The van der Waals surface area contributed by atoms with Gasteiger partial charge in [-0.3, -0.25) is 14.3 Å². The summed E-state index contributed by atoms with van der Waals surface area (Å²) >= 11 is -2.10. The van der Waals surface area contributed by atoms with Gasteiger partial charge in [0.2, 0.25) is 0 Å². The van der Waals surface area contributed by atoms with Crippen LogP contribution in [0.3, 0.4) is 0 Å². The first-order valence-electron chi connectivity index (χ1n) is 7.54. The van der Waals surface area contributed by atoms with Crippen LogP contribution in [0.1, 0.15) is 44.4 Å². The Labute approximate surface area is 139 Å². The van der Waals surface area contributed by atoms with E-state index in [9.17, 15) is 13.6 Å². The van der Waals surface area contributed by atoms with Gasteiger partial charge in [-0.1, -0.05) is 35.3 Å². The van der Waals surface area contributed by atoms with Crippen molar-refractivity contribution >= 4 is 17.0 Å². The Balaban J connectivity index is 2.01. The molecule has 0 aromatic heterocycles. The maximum atomic E-state index is 12.0. The zero-order chi connectivity index (χ0) is 17.2. The lowest BCUT2D eigenvalue weighted by Gasteiger charge is -2.21. The summed E-state index contributed by atoms with van der Waals surface area (Å²) in [6.45, 7) is 5.42. The molecule has 0 saturated carbocycles. The molecule has 1 aromatic rings. The monoisotopic (exact) mass is 339 g/mol. The Morgan fingerprint density at radius 1 is 1.39 bits per heavy atom. The molecule has 1 saturated heterocycles. The molecule has 0 bridgehead atoms. The fourth-order valence-electron chi connectivity index (χ4n) is 2.46. The first kappa shape index (κ1) is 18.1. The van der Waals surface area contributed by atoms with Crippen LogP contribution < -0.4 is 11.1 Å². The molecule has 4 unspecified atom stereocenters. The van der Waals surface area contributed by atoms with E-state index >= 15 is 0 Å². The largest absolute Gasteiger partial charge is 0.772 e. The number of carbonyl (C=O) groups is 1. The van der Waals surface area contributed by atoms with Crippen LogP contribution in [-0.4, -0.2) is 27.0 Å². The molecule has 2 rings (SSSR count). The average Bonchev–Trinajstić information content (AvgIpc) is 2.78. The molecule has 0 radical (unpaired) electrons. The molecule has 0 aliphatic carbocycles. The van der Waals surface area contributed by atoms with Gasteiger partial charge in [0.25, 0.3) is 0 Å². The van der Waals surface area contributed by atoms with Crippen LogP contribution in [0, 0.1) is 5.41 Å². The van der Waals surface area contributed by atoms with Gasteiger partial charge < -0.3 is 15.0 Å². The summed E-state index contributed by atoms with van der Waals surface area (Å²) in [5, 5.41) is 3.23. The normalized spacial score (nSPS) is 26.0. The van der Waals surface area contributed by atoms with Crippen molar-refractivity contribution in [3.8, 4) is 0 Å². The minimum atomic E-state index is -2.10. The Kier molecular flexibility index (Phi) is 5.57. The lowest BCUT2D eigenvalue weighted by Crippen LogP contribution is -2.34. The highest BCUT2D eigenvalue weighted by Crippen LogP contribution is 2.28. The molecule has 1 aliphatic rings. The first-order chi connectivity index (χ1) is 10.7. The van der Waals surface area contributed by atoms with Gasteiger partial charge in [0.05, 0.1) is 11.5 Å². The molecule has 4 atom stereocenters. The predicted octanol–water partition coefficient (Wildman–Crippen LogP) is 1.34. The van der Waals surface area contributed by atoms with E-state index in [1.807, 2.05) is 12.1 Å². The number of esters is 1. The zero-order valence-corrected chi connectivity index (χ0v) is 14.4. The number of nitrogens with two attached hydrogens (primary N) is 1. The van der Waals surface area contributed by atoms with E-state index in [0.717, 1.165) is 11.1 Å². The number of hydrogen-bond donors (Lipinski definition) is 2. The molecular formula is C16H23N2O4S-. The van der Waals surface area contributed by atoms with Crippen molar-refractivity contribution in [2.75, 3.05) is 0 Å². The molecule has 1 aromatic carbocycles. The van der Waals surface area contributed by atoms with Crippen LogP contribution in [0.2, 0.25) is 0 Å². The number of carbonyl (C=O) groups excluding carboxylic acids is 1. The second-order valence-corrected chi connectivity index (χ2v) is 7.77. The van der Waals surface area contributed by atoms with Gasteiger partial charge in [-0.2, -0.15) is 0 Å². The van der Waals surface area contributed by atoms with Crippen LogP contribution >= 0.6 is 0 Å². The van der Waals surface area contributed by atoms with Crippen molar-refractivity contribution in [3.05, 3.63) is 35.4 Å². The predicted molar refractivity (Wildman–Crippen MR) is 86.9 cm³/mol. The average molecular weight is 339 g/mol. The fourth-order valence-corrected chi connectivity index (χ4v) is 2.93. The van der Waals surface area contributed by atoms with Crippen molar-refractivity contribution in [2.45, 2.75) is 51.3 Å². The SMILES string of the molecule is CC(C)(C)C(=O)OC1CC(N)C(c2ccc(CS(=O)[O-])cc2)N1. The van der Waals surface area contributed by atoms with E-state index in [4.69, 9.17) is 10.5 Å².